The number of nitrogens with zero attached hydrogens (tertiary/aromatic N) is 3. The predicted molar refractivity (Wildman–Crippen MR) is 216 cm³/mol. The largest absolute Gasteiger partial charge is 0.457 e. The zero-order valence-corrected chi connectivity index (χ0v) is 29.1. The third-order valence-corrected chi connectivity index (χ3v) is 10.6. The molecular weight excluding hydrogens is 655 g/mol. The van der Waals surface area contributed by atoms with Crippen LogP contribution >= 0.6 is 11.3 Å². The van der Waals surface area contributed by atoms with Gasteiger partial charge in [-0.05, 0) is 59.5 Å². The van der Waals surface area contributed by atoms with Crippen LogP contribution in [0.15, 0.2) is 182 Å². The van der Waals surface area contributed by atoms with Gasteiger partial charge in [0.2, 0.25) is 0 Å². The van der Waals surface area contributed by atoms with E-state index in [0.29, 0.717) is 17.5 Å². The molecule has 5 aromatic carbocycles. The minimum atomic E-state index is 0.105. The summed E-state index contributed by atoms with van der Waals surface area (Å²) in [5.74, 6) is 3.52. The quantitative estimate of drug-likeness (QED) is 0.149. The van der Waals surface area contributed by atoms with Gasteiger partial charge in [-0.3, -0.25) is 0 Å². The summed E-state index contributed by atoms with van der Waals surface area (Å²) in [5.41, 5.74) is 7.30. The van der Waals surface area contributed by atoms with Crippen molar-refractivity contribution in [3.63, 3.8) is 0 Å². The van der Waals surface area contributed by atoms with E-state index in [1.165, 1.54) is 20.3 Å². The number of allylic oxidation sites excluding steroid dienone is 10. The van der Waals surface area contributed by atoms with Crippen LogP contribution in [0.4, 0.5) is 0 Å². The molecule has 3 heterocycles. The van der Waals surface area contributed by atoms with Gasteiger partial charge in [0.05, 0.1) is 5.56 Å². The number of fused-ring (bicyclic) bond motifs is 6. The van der Waals surface area contributed by atoms with Gasteiger partial charge in [0.25, 0.3) is 0 Å². The van der Waals surface area contributed by atoms with Crippen LogP contribution in [0.5, 0.6) is 5.75 Å². The molecule has 0 saturated carbocycles. The van der Waals surface area contributed by atoms with Gasteiger partial charge in [-0.15, -0.1) is 11.3 Å². The summed E-state index contributed by atoms with van der Waals surface area (Å²) in [5, 5.41) is 2.36. The molecule has 0 saturated heterocycles. The monoisotopic (exact) mass is 687 g/mol. The molecule has 0 spiro atoms. The van der Waals surface area contributed by atoms with Crippen LogP contribution in [0.25, 0.3) is 65.5 Å². The molecule has 5 heteroatoms. The molecule has 2 aromatic heterocycles. The molecule has 0 fully saturated rings. The molecule has 248 valence electrons. The van der Waals surface area contributed by atoms with Gasteiger partial charge in [0, 0.05) is 42.8 Å². The standard InChI is InChI=1S/C47H33N3OS/c1-2-3-4-5-6-14-31-25-27-32(28-26-31)33-16-11-17-35(29-33)45-48-46(39-21-13-24-42-43(39)38-19-9-10-23-41(38)52-42)50-47(49-45)40-22-12-20-37-34-15-7-8-18-36(30-34)51-44(37)40/h2-13,15-30,34H,1,14H2/b4-3-,6-5-. The summed E-state index contributed by atoms with van der Waals surface area (Å²) < 4.78 is 8.97. The maximum absolute atomic E-state index is 6.53. The molecule has 4 nitrogen and oxygen atoms in total. The first-order chi connectivity index (χ1) is 25.7. The molecule has 0 amide bonds. The number of rotatable bonds is 8. The van der Waals surface area contributed by atoms with Gasteiger partial charge < -0.3 is 4.74 Å². The normalized spacial score (nSPS) is 14.8. The van der Waals surface area contributed by atoms with Gasteiger partial charge in [-0.25, -0.2) is 15.0 Å². The number of benzene rings is 5. The fourth-order valence-corrected chi connectivity index (χ4v) is 8.04. The summed E-state index contributed by atoms with van der Waals surface area (Å²) >= 11 is 1.79. The Morgan fingerprint density at radius 1 is 0.673 bits per heavy atom. The Balaban J connectivity index is 1.18. The average molecular weight is 688 g/mol. The van der Waals surface area contributed by atoms with Crippen molar-refractivity contribution in [3.8, 4) is 51.0 Å². The van der Waals surface area contributed by atoms with E-state index in [9.17, 15) is 0 Å². The van der Waals surface area contributed by atoms with Crippen LogP contribution in [0.3, 0.4) is 0 Å². The van der Waals surface area contributed by atoms with E-state index in [2.05, 4.69) is 140 Å². The second-order valence-electron chi connectivity index (χ2n) is 12.8. The van der Waals surface area contributed by atoms with Crippen LogP contribution in [0.1, 0.15) is 17.0 Å². The summed E-state index contributed by atoms with van der Waals surface area (Å²) in [6, 6.07) is 38.4. The summed E-state index contributed by atoms with van der Waals surface area (Å²) in [6.07, 6.45) is 21.2. The zero-order valence-electron chi connectivity index (χ0n) is 28.3. The summed E-state index contributed by atoms with van der Waals surface area (Å²) in [4.78, 5) is 15.6. The summed E-state index contributed by atoms with van der Waals surface area (Å²) in [7, 11) is 0. The molecule has 7 aromatic rings. The van der Waals surface area contributed by atoms with E-state index in [4.69, 9.17) is 19.7 Å². The van der Waals surface area contributed by atoms with Crippen LogP contribution in [-0.4, -0.2) is 15.0 Å². The van der Waals surface area contributed by atoms with Crippen molar-refractivity contribution in [2.45, 2.75) is 12.3 Å². The van der Waals surface area contributed by atoms with E-state index < -0.39 is 0 Å². The van der Waals surface area contributed by atoms with E-state index in [1.807, 2.05) is 30.4 Å². The van der Waals surface area contributed by atoms with E-state index >= 15 is 0 Å². The maximum Gasteiger partial charge on any atom is 0.167 e. The van der Waals surface area contributed by atoms with Crippen LogP contribution in [0, 0.1) is 0 Å². The maximum atomic E-state index is 6.53. The Bertz CT molecular complexity index is 2660. The molecule has 9 rings (SSSR count). The fourth-order valence-electron chi connectivity index (χ4n) is 6.91. The SMILES string of the molecule is C=C/C=C\C=C/Cc1ccc(-c2cccc(-c3nc(-c4cccc5c4OC4=CC5C=CC=C4)nc(-c4cccc5sc6ccccc6c45)n3)c2)cc1. The first kappa shape index (κ1) is 31.5. The predicted octanol–water partition coefficient (Wildman–Crippen LogP) is 12.2. The van der Waals surface area contributed by atoms with Crippen molar-refractivity contribution in [2.75, 3.05) is 0 Å². The van der Waals surface area contributed by atoms with Crippen molar-refractivity contribution in [2.24, 2.45) is 0 Å². The second-order valence-corrected chi connectivity index (χ2v) is 13.9. The number of para-hydroxylation sites is 1. The third-order valence-electron chi connectivity index (χ3n) is 9.43. The number of ether oxygens (including phenoxy) is 1. The molecule has 0 N–H and O–H groups in total. The van der Waals surface area contributed by atoms with Crippen LogP contribution in [-0.2, 0) is 6.42 Å². The second kappa shape index (κ2) is 13.7. The molecule has 1 atom stereocenters. The van der Waals surface area contributed by atoms with Crippen molar-refractivity contribution in [1.82, 2.24) is 15.0 Å². The Morgan fingerprint density at radius 3 is 2.35 bits per heavy atom. The topological polar surface area (TPSA) is 47.9 Å². The highest BCUT2D eigenvalue weighted by atomic mass is 32.1. The smallest absolute Gasteiger partial charge is 0.167 e. The van der Waals surface area contributed by atoms with Crippen molar-refractivity contribution in [3.05, 3.63) is 193 Å². The van der Waals surface area contributed by atoms with Crippen LogP contribution in [0.2, 0.25) is 0 Å². The molecule has 1 unspecified atom stereocenters. The highest BCUT2D eigenvalue weighted by molar-refractivity contribution is 7.25. The Kier molecular flexibility index (Phi) is 8.31. The third kappa shape index (κ3) is 6.02. The number of thiophene rings is 1. The molecule has 0 radical (unpaired) electrons. The minimum absolute atomic E-state index is 0.105. The molecule has 52 heavy (non-hydrogen) atoms. The zero-order chi connectivity index (χ0) is 34.9. The van der Waals surface area contributed by atoms with Gasteiger partial charge in [-0.2, -0.15) is 0 Å². The average Bonchev–Trinajstić information content (AvgIpc) is 3.47. The van der Waals surface area contributed by atoms with Crippen molar-refractivity contribution < 1.29 is 4.74 Å². The minimum Gasteiger partial charge on any atom is -0.457 e. The molecular formula is C47H33N3OS. The number of aromatic nitrogens is 3. The number of hydrogen-bond donors (Lipinski definition) is 0. The molecule has 2 bridgehead atoms. The Labute approximate surface area is 306 Å². The Morgan fingerprint density at radius 2 is 1.44 bits per heavy atom. The molecule has 2 aliphatic rings. The van der Waals surface area contributed by atoms with Crippen molar-refractivity contribution >= 4 is 31.5 Å². The lowest BCUT2D eigenvalue weighted by molar-refractivity contribution is 0.426. The van der Waals surface area contributed by atoms with Gasteiger partial charge >= 0.3 is 0 Å². The number of hydrogen-bond acceptors (Lipinski definition) is 5. The first-order valence-electron chi connectivity index (χ1n) is 17.4. The van der Waals surface area contributed by atoms with Gasteiger partial charge in [-0.1, -0.05) is 140 Å². The fraction of sp³-hybridized carbons (Fsp3) is 0.0426. The van der Waals surface area contributed by atoms with Gasteiger partial charge in [0.1, 0.15) is 11.5 Å². The molecule has 1 aliphatic carbocycles. The molecule has 1 aliphatic heterocycles. The highest BCUT2D eigenvalue weighted by Crippen LogP contribution is 2.44. The summed E-state index contributed by atoms with van der Waals surface area (Å²) in [6.45, 7) is 3.72. The van der Waals surface area contributed by atoms with E-state index in [1.54, 1.807) is 17.4 Å². The van der Waals surface area contributed by atoms with Gasteiger partial charge in [0.15, 0.2) is 17.5 Å². The highest BCUT2D eigenvalue weighted by Gasteiger charge is 2.26. The van der Waals surface area contributed by atoms with E-state index in [0.717, 1.165) is 56.7 Å². The van der Waals surface area contributed by atoms with Crippen LogP contribution < -0.4 is 4.74 Å². The lowest BCUT2D eigenvalue weighted by Crippen LogP contribution is -2.09. The lowest BCUT2D eigenvalue weighted by Gasteiger charge is -2.23. The lowest BCUT2D eigenvalue weighted by atomic mass is 9.93. The van der Waals surface area contributed by atoms with E-state index in [-0.39, 0.29) is 5.92 Å². The Hall–Kier alpha value is -6.43. The first-order valence-corrected chi connectivity index (χ1v) is 18.2. The van der Waals surface area contributed by atoms with Crippen molar-refractivity contribution in [1.29, 1.82) is 0 Å².